The number of anilines is 1. The number of methoxy groups -OCH3 is 1. The third kappa shape index (κ3) is 4.04. The van der Waals surface area contributed by atoms with E-state index >= 15 is 0 Å². The second kappa shape index (κ2) is 5.60. The Bertz CT molecular complexity index is 469. The van der Waals surface area contributed by atoms with Crippen LogP contribution in [0, 0.1) is 5.92 Å². The fourth-order valence-electron chi connectivity index (χ4n) is 1.86. The van der Waals surface area contributed by atoms with Crippen molar-refractivity contribution >= 4 is 11.7 Å². The average Bonchev–Trinajstić information content (AvgIpc) is 3.19. The fourth-order valence-corrected chi connectivity index (χ4v) is 1.86. The Morgan fingerprint density at radius 3 is 2.35 bits per heavy atom. The van der Waals surface area contributed by atoms with Gasteiger partial charge in [-0.15, -0.1) is 13.2 Å². The van der Waals surface area contributed by atoms with E-state index in [0.29, 0.717) is 5.69 Å². The molecule has 1 saturated carbocycles. The van der Waals surface area contributed by atoms with Crippen LogP contribution in [0.3, 0.4) is 0 Å². The molecular weight excluding hydrogens is 275 g/mol. The standard InChI is InChI=1S/C13H14F3NO3/c1-19-12(18)11(8-2-3-8)17-9-4-6-10(7-5-9)20-13(14,15)16/h4-8,11,17H,2-3H2,1H3. The van der Waals surface area contributed by atoms with E-state index in [1.807, 2.05) is 0 Å². The van der Waals surface area contributed by atoms with Crippen LogP contribution < -0.4 is 10.1 Å². The number of carbonyl (C=O) groups excluding carboxylic acids is 1. The highest BCUT2D eigenvalue weighted by Crippen LogP contribution is 2.35. The number of ether oxygens (including phenoxy) is 2. The number of hydrogen-bond donors (Lipinski definition) is 1. The highest BCUT2D eigenvalue weighted by molar-refractivity contribution is 5.80. The Labute approximate surface area is 113 Å². The lowest BCUT2D eigenvalue weighted by molar-refractivity contribution is -0.274. The van der Waals surface area contributed by atoms with Gasteiger partial charge in [0.15, 0.2) is 0 Å². The summed E-state index contributed by atoms with van der Waals surface area (Å²) in [5, 5.41) is 2.97. The third-order valence-electron chi connectivity index (χ3n) is 2.96. The smallest absolute Gasteiger partial charge is 0.467 e. The molecule has 0 bridgehead atoms. The first-order valence-electron chi connectivity index (χ1n) is 6.09. The summed E-state index contributed by atoms with van der Waals surface area (Å²) in [5.41, 5.74) is 0.543. The molecule has 0 radical (unpaired) electrons. The Hall–Kier alpha value is -1.92. The van der Waals surface area contributed by atoms with Crippen molar-refractivity contribution in [2.45, 2.75) is 25.2 Å². The summed E-state index contributed by atoms with van der Waals surface area (Å²) in [4.78, 5) is 11.6. The first-order valence-corrected chi connectivity index (χ1v) is 6.09. The van der Waals surface area contributed by atoms with Gasteiger partial charge in [0.05, 0.1) is 7.11 Å². The van der Waals surface area contributed by atoms with Crippen molar-refractivity contribution in [1.29, 1.82) is 0 Å². The maximum atomic E-state index is 12.0. The molecule has 0 heterocycles. The molecule has 0 amide bonds. The molecule has 0 aliphatic heterocycles. The van der Waals surface area contributed by atoms with Crippen LogP contribution in [0.25, 0.3) is 0 Å². The molecule has 1 aromatic rings. The molecular formula is C13H14F3NO3. The summed E-state index contributed by atoms with van der Waals surface area (Å²) in [6.45, 7) is 0. The zero-order valence-corrected chi connectivity index (χ0v) is 10.7. The Kier molecular flexibility index (Phi) is 4.06. The van der Waals surface area contributed by atoms with Gasteiger partial charge in [-0.2, -0.15) is 0 Å². The van der Waals surface area contributed by atoms with Crippen molar-refractivity contribution in [1.82, 2.24) is 0 Å². The van der Waals surface area contributed by atoms with Gasteiger partial charge in [0.25, 0.3) is 0 Å². The lowest BCUT2D eigenvalue weighted by Crippen LogP contribution is -2.32. The van der Waals surface area contributed by atoms with Crippen molar-refractivity contribution in [2.75, 3.05) is 12.4 Å². The molecule has 7 heteroatoms. The van der Waals surface area contributed by atoms with Gasteiger partial charge in [0, 0.05) is 5.69 Å². The zero-order chi connectivity index (χ0) is 14.8. The van der Waals surface area contributed by atoms with Gasteiger partial charge in [-0.1, -0.05) is 0 Å². The summed E-state index contributed by atoms with van der Waals surface area (Å²) < 4.78 is 44.5. The van der Waals surface area contributed by atoms with Gasteiger partial charge < -0.3 is 14.8 Å². The van der Waals surface area contributed by atoms with Gasteiger partial charge >= 0.3 is 12.3 Å². The van der Waals surface area contributed by atoms with Crippen molar-refractivity contribution in [2.24, 2.45) is 5.92 Å². The topological polar surface area (TPSA) is 47.6 Å². The highest BCUT2D eigenvalue weighted by Gasteiger charge is 2.37. The molecule has 0 saturated heterocycles. The van der Waals surface area contributed by atoms with Crippen LogP contribution in [0.5, 0.6) is 5.75 Å². The fraction of sp³-hybridized carbons (Fsp3) is 0.462. The Morgan fingerprint density at radius 1 is 1.30 bits per heavy atom. The third-order valence-corrected chi connectivity index (χ3v) is 2.96. The van der Waals surface area contributed by atoms with Gasteiger partial charge in [-0.05, 0) is 43.0 Å². The zero-order valence-electron chi connectivity index (χ0n) is 10.7. The molecule has 2 rings (SSSR count). The minimum atomic E-state index is -4.71. The number of alkyl halides is 3. The average molecular weight is 289 g/mol. The first kappa shape index (κ1) is 14.5. The van der Waals surface area contributed by atoms with E-state index in [4.69, 9.17) is 4.74 Å². The van der Waals surface area contributed by atoms with E-state index in [2.05, 4.69) is 10.1 Å². The molecule has 1 fully saturated rings. The number of benzene rings is 1. The molecule has 1 aliphatic rings. The van der Waals surface area contributed by atoms with Crippen LogP contribution in [0.15, 0.2) is 24.3 Å². The lowest BCUT2D eigenvalue weighted by Gasteiger charge is -2.17. The number of hydrogen-bond acceptors (Lipinski definition) is 4. The van der Waals surface area contributed by atoms with E-state index in [1.165, 1.54) is 31.4 Å². The predicted molar refractivity (Wildman–Crippen MR) is 65.3 cm³/mol. The van der Waals surface area contributed by atoms with Gasteiger partial charge in [0.2, 0.25) is 0 Å². The van der Waals surface area contributed by atoms with Crippen LogP contribution in [0.4, 0.5) is 18.9 Å². The monoisotopic (exact) mass is 289 g/mol. The Balaban J connectivity index is 2.00. The molecule has 1 aromatic carbocycles. The van der Waals surface area contributed by atoms with Crippen molar-refractivity contribution in [3.63, 3.8) is 0 Å². The van der Waals surface area contributed by atoms with E-state index in [9.17, 15) is 18.0 Å². The van der Waals surface area contributed by atoms with E-state index in [1.54, 1.807) is 0 Å². The van der Waals surface area contributed by atoms with Crippen LogP contribution in [0.2, 0.25) is 0 Å². The molecule has 0 aromatic heterocycles. The maximum Gasteiger partial charge on any atom is 0.573 e. The minimum absolute atomic E-state index is 0.216. The molecule has 1 atom stereocenters. The second-order valence-corrected chi connectivity index (χ2v) is 4.55. The molecule has 0 spiro atoms. The van der Waals surface area contributed by atoms with Crippen LogP contribution in [0.1, 0.15) is 12.8 Å². The van der Waals surface area contributed by atoms with Gasteiger partial charge in [0.1, 0.15) is 11.8 Å². The highest BCUT2D eigenvalue weighted by atomic mass is 19.4. The molecule has 1 unspecified atom stereocenters. The van der Waals surface area contributed by atoms with Crippen LogP contribution in [-0.4, -0.2) is 25.5 Å². The largest absolute Gasteiger partial charge is 0.573 e. The normalized spacial score (nSPS) is 16.4. The summed E-state index contributed by atoms with van der Waals surface area (Å²) in [6.07, 6.45) is -2.85. The number of carbonyl (C=O) groups is 1. The van der Waals surface area contributed by atoms with Crippen LogP contribution in [-0.2, 0) is 9.53 Å². The van der Waals surface area contributed by atoms with E-state index < -0.39 is 12.4 Å². The number of rotatable bonds is 5. The van der Waals surface area contributed by atoms with Crippen molar-refractivity contribution < 1.29 is 27.4 Å². The summed E-state index contributed by atoms with van der Waals surface area (Å²) in [7, 11) is 1.31. The first-order chi connectivity index (χ1) is 9.39. The van der Waals surface area contributed by atoms with Crippen molar-refractivity contribution in [3.8, 4) is 5.75 Å². The van der Waals surface area contributed by atoms with Crippen molar-refractivity contribution in [3.05, 3.63) is 24.3 Å². The minimum Gasteiger partial charge on any atom is -0.467 e. The SMILES string of the molecule is COC(=O)C(Nc1ccc(OC(F)(F)F)cc1)C1CC1. The molecule has 20 heavy (non-hydrogen) atoms. The number of halogens is 3. The summed E-state index contributed by atoms with van der Waals surface area (Å²) >= 11 is 0. The van der Waals surface area contributed by atoms with Gasteiger partial charge in [-0.25, -0.2) is 4.79 Å². The summed E-state index contributed by atoms with van der Waals surface area (Å²) in [5.74, 6) is -0.458. The molecule has 1 N–H and O–H groups in total. The number of esters is 1. The quantitative estimate of drug-likeness (QED) is 0.847. The molecule has 1 aliphatic carbocycles. The molecule has 110 valence electrons. The van der Waals surface area contributed by atoms with E-state index in [-0.39, 0.29) is 17.6 Å². The second-order valence-electron chi connectivity index (χ2n) is 4.55. The van der Waals surface area contributed by atoms with Crippen LogP contribution >= 0.6 is 0 Å². The Morgan fingerprint density at radius 2 is 1.90 bits per heavy atom. The number of nitrogens with one attached hydrogen (secondary N) is 1. The molecule has 4 nitrogen and oxygen atoms in total. The van der Waals surface area contributed by atoms with Gasteiger partial charge in [-0.3, -0.25) is 0 Å². The summed E-state index contributed by atoms with van der Waals surface area (Å²) in [6, 6.07) is 4.78. The van der Waals surface area contributed by atoms with E-state index in [0.717, 1.165) is 12.8 Å². The maximum absolute atomic E-state index is 12.0. The lowest BCUT2D eigenvalue weighted by atomic mass is 10.1. The predicted octanol–water partition coefficient (Wildman–Crippen LogP) is 2.95.